The van der Waals surface area contributed by atoms with Crippen LogP contribution in [0.5, 0.6) is 0 Å². The summed E-state index contributed by atoms with van der Waals surface area (Å²) >= 11 is 0. The van der Waals surface area contributed by atoms with E-state index in [-0.39, 0.29) is 30.1 Å². The van der Waals surface area contributed by atoms with Gasteiger partial charge in [0.25, 0.3) is 11.8 Å². The number of nitrogens with one attached hydrogen (secondary N) is 3. The molecule has 0 saturated heterocycles. The van der Waals surface area contributed by atoms with Gasteiger partial charge in [0.2, 0.25) is 0 Å². The molecule has 0 saturated carbocycles. The van der Waals surface area contributed by atoms with Crippen molar-refractivity contribution in [3.05, 3.63) is 71.1 Å². The van der Waals surface area contributed by atoms with Crippen LogP contribution in [0.15, 0.2) is 42.5 Å². The highest BCUT2D eigenvalue weighted by molar-refractivity contribution is 6.05. The van der Waals surface area contributed by atoms with Gasteiger partial charge in [0.1, 0.15) is 5.69 Å². The molecule has 0 aliphatic carbocycles. The number of hydrogen-bond donors (Lipinski definition) is 4. The predicted molar refractivity (Wildman–Crippen MR) is 120 cm³/mol. The van der Waals surface area contributed by atoms with Gasteiger partial charge in [-0.2, -0.15) is 10.2 Å². The molecule has 34 heavy (non-hydrogen) atoms. The minimum atomic E-state index is -1.06. The van der Waals surface area contributed by atoms with E-state index in [0.29, 0.717) is 22.3 Å². The first-order valence-electron chi connectivity index (χ1n) is 10.4. The van der Waals surface area contributed by atoms with E-state index in [0.717, 1.165) is 17.7 Å². The third-order valence-corrected chi connectivity index (χ3v) is 5.44. The lowest BCUT2D eigenvalue weighted by atomic mass is 10.1. The van der Waals surface area contributed by atoms with Crippen LogP contribution in [0.25, 0.3) is 22.2 Å². The molecular weight excluding hydrogens is 446 g/mol. The Morgan fingerprint density at radius 3 is 2.65 bits per heavy atom. The third-order valence-electron chi connectivity index (χ3n) is 5.44. The molecule has 176 valence electrons. The number of nitrogens with zero attached hydrogens (tertiary/aromatic N) is 3. The highest BCUT2D eigenvalue weighted by atomic mass is 19.2. The standard InChI is InChI=1S/C23H22F2N6O3/c1-26-23(34)21-14-5-3-12(10-18(14)28-29-21)17-11-19(31(2)30-17)22(33)27-8-7-20(32)13-4-6-15(24)16(25)9-13/h3-6,9-11,20,32H,7-8H2,1-2H3,(H,26,34)(H,27,33)(H,28,29). The molecule has 0 bridgehead atoms. The zero-order chi connectivity index (χ0) is 24.4. The van der Waals surface area contributed by atoms with E-state index in [1.54, 1.807) is 31.3 Å². The molecule has 2 aromatic heterocycles. The van der Waals surface area contributed by atoms with Crippen LogP contribution in [0.1, 0.15) is 39.1 Å². The zero-order valence-corrected chi connectivity index (χ0v) is 18.4. The first kappa shape index (κ1) is 23.1. The van der Waals surface area contributed by atoms with Gasteiger partial charge < -0.3 is 15.7 Å². The highest BCUT2D eigenvalue weighted by Crippen LogP contribution is 2.25. The first-order valence-corrected chi connectivity index (χ1v) is 10.4. The van der Waals surface area contributed by atoms with Crippen molar-refractivity contribution in [2.75, 3.05) is 13.6 Å². The largest absolute Gasteiger partial charge is 0.388 e. The molecule has 0 aliphatic heterocycles. The Bertz CT molecular complexity index is 1380. The predicted octanol–water partition coefficient (Wildman–Crippen LogP) is 2.45. The van der Waals surface area contributed by atoms with Crippen LogP contribution in [-0.2, 0) is 7.05 Å². The number of aliphatic hydroxyl groups excluding tert-OH is 1. The molecule has 0 spiro atoms. The fraction of sp³-hybridized carbons (Fsp3) is 0.217. The molecule has 4 rings (SSSR count). The number of aromatic nitrogens is 4. The fourth-order valence-electron chi connectivity index (χ4n) is 3.59. The van der Waals surface area contributed by atoms with Crippen molar-refractivity contribution < 1.29 is 23.5 Å². The number of benzene rings is 2. The van der Waals surface area contributed by atoms with Crippen molar-refractivity contribution in [3.8, 4) is 11.3 Å². The van der Waals surface area contributed by atoms with Crippen molar-refractivity contribution in [3.63, 3.8) is 0 Å². The number of halogens is 2. The van der Waals surface area contributed by atoms with Gasteiger partial charge in [-0.1, -0.05) is 12.1 Å². The molecule has 2 heterocycles. The van der Waals surface area contributed by atoms with E-state index in [9.17, 15) is 23.5 Å². The summed E-state index contributed by atoms with van der Waals surface area (Å²) in [4.78, 5) is 24.5. The Hall–Kier alpha value is -4.12. The number of aromatic amines is 1. The van der Waals surface area contributed by atoms with Crippen LogP contribution in [0, 0.1) is 11.6 Å². The van der Waals surface area contributed by atoms with Gasteiger partial charge in [0, 0.05) is 31.6 Å². The number of carbonyl (C=O) groups is 2. The molecule has 1 unspecified atom stereocenters. The summed E-state index contributed by atoms with van der Waals surface area (Å²) in [5, 5.41) is 27.3. The van der Waals surface area contributed by atoms with Gasteiger partial charge >= 0.3 is 0 Å². The van der Waals surface area contributed by atoms with Crippen molar-refractivity contribution in [1.29, 1.82) is 0 Å². The Kier molecular flexibility index (Phi) is 6.37. The molecule has 9 nitrogen and oxygen atoms in total. The van der Waals surface area contributed by atoms with Gasteiger partial charge in [-0.15, -0.1) is 0 Å². The van der Waals surface area contributed by atoms with E-state index in [1.807, 2.05) is 0 Å². The Morgan fingerprint density at radius 2 is 1.91 bits per heavy atom. The summed E-state index contributed by atoms with van der Waals surface area (Å²) < 4.78 is 27.8. The molecule has 11 heteroatoms. The summed E-state index contributed by atoms with van der Waals surface area (Å²) in [6.07, 6.45) is -0.940. The lowest BCUT2D eigenvalue weighted by Gasteiger charge is -2.12. The number of aryl methyl sites for hydroxylation is 1. The number of hydrogen-bond acceptors (Lipinski definition) is 5. The monoisotopic (exact) mass is 468 g/mol. The van der Waals surface area contributed by atoms with Crippen LogP contribution in [0.4, 0.5) is 8.78 Å². The second kappa shape index (κ2) is 9.40. The number of aliphatic hydroxyl groups is 1. The maximum atomic E-state index is 13.3. The fourth-order valence-corrected chi connectivity index (χ4v) is 3.59. The van der Waals surface area contributed by atoms with E-state index < -0.39 is 23.6 Å². The summed E-state index contributed by atoms with van der Waals surface area (Å²) in [7, 11) is 3.16. The normalized spacial score (nSPS) is 12.0. The molecule has 0 fully saturated rings. The number of H-pyrrole nitrogens is 1. The molecule has 0 radical (unpaired) electrons. The Labute approximate surface area is 192 Å². The Balaban J connectivity index is 1.43. The third kappa shape index (κ3) is 4.50. The van der Waals surface area contributed by atoms with E-state index in [4.69, 9.17) is 0 Å². The van der Waals surface area contributed by atoms with Gasteiger partial charge in [-0.3, -0.25) is 19.4 Å². The summed E-state index contributed by atoms with van der Waals surface area (Å²) in [5.74, 6) is -2.73. The first-order chi connectivity index (χ1) is 16.3. The van der Waals surface area contributed by atoms with Crippen LogP contribution >= 0.6 is 0 Å². The molecule has 4 aromatic rings. The maximum Gasteiger partial charge on any atom is 0.272 e. The number of carbonyl (C=O) groups excluding carboxylic acids is 2. The van der Waals surface area contributed by atoms with E-state index in [2.05, 4.69) is 25.9 Å². The van der Waals surface area contributed by atoms with Gasteiger partial charge in [-0.25, -0.2) is 8.78 Å². The molecule has 4 N–H and O–H groups in total. The maximum absolute atomic E-state index is 13.3. The zero-order valence-electron chi connectivity index (χ0n) is 18.4. The van der Waals surface area contributed by atoms with Crippen LogP contribution in [0.2, 0.25) is 0 Å². The van der Waals surface area contributed by atoms with Crippen molar-refractivity contribution >= 4 is 22.7 Å². The molecule has 0 aliphatic rings. The summed E-state index contributed by atoms with van der Waals surface area (Å²) in [6, 6.07) is 10.1. The van der Waals surface area contributed by atoms with Gasteiger partial charge in [-0.05, 0) is 42.3 Å². The SMILES string of the molecule is CNC(=O)c1n[nH]c2cc(-c3cc(C(=O)NCCC(O)c4ccc(F)c(F)c4)n(C)n3)ccc12. The minimum Gasteiger partial charge on any atom is -0.388 e. The Morgan fingerprint density at radius 1 is 1.12 bits per heavy atom. The smallest absolute Gasteiger partial charge is 0.272 e. The van der Waals surface area contributed by atoms with Crippen LogP contribution in [-0.4, -0.2) is 50.5 Å². The molecule has 1 atom stereocenters. The van der Waals surface area contributed by atoms with E-state index >= 15 is 0 Å². The van der Waals surface area contributed by atoms with Crippen molar-refractivity contribution in [1.82, 2.24) is 30.6 Å². The molecular formula is C23H22F2N6O3. The lowest BCUT2D eigenvalue weighted by Crippen LogP contribution is -2.27. The van der Waals surface area contributed by atoms with Gasteiger partial charge in [0.15, 0.2) is 17.3 Å². The molecule has 2 amide bonds. The highest BCUT2D eigenvalue weighted by Gasteiger charge is 2.18. The lowest BCUT2D eigenvalue weighted by molar-refractivity contribution is 0.0930. The van der Waals surface area contributed by atoms with E-state index in [1.165, 1.54) is 17.8 Å². The average molecular weight is 468 g/mol. The molecule has 2 aromatic carbocycles. The second-order valence-corrected chi connectivity index (χ2v) is 7.68. The van der Waals surface area contributed by atoms with Crippen molar-refractivity contribution in [2.45, 2.75) is 12.5 Å². The quantitative estimate of drug-likeness (QED) is 0.332. The average Bonchev–Trinajstić information content (AvgIpc) is 3.43. The minimum absolute atomic E-state index is 0.113. The van der Waals surface area contributed by atoms with Gasteiger partial charge in [0.05, 0.1) is 17.3 Å². The summed E-state index contributed by atoms with van der Waals surface area (Å²) in [6.45, 7) is 0.113. The summed E-state index contributed by atoms with van der Waals surface area (Å²) in [5.41, 5.74) is 2.74. The number of rotatable bonds is 7. The number of fused-ring (bicyclic) bond motifs is 1. The second-order valence-electron chi connectivity index (χ2n) is 7.68. The van der Waals surface area contributed by atoms with Crippen LogP contribution in [0.3, 0.4) is 0 Å². The van der Waals surface area contributed by atoms with Crippen LogP contribution < -0.4 is 10.6 Å². The number of amides is 2. The topological polar surface area (TPSA) is 125 Å². The van der Waals surface area contributed by atoms with Crippen molar-refractivity contribution in [2.24, 2.45) is 7.05 Å².